The number of halogens is 2. The van der Waals surface area contributed by atoms with Gasteiger partial charge in [-0.1, -0.05) is 40.0 Å². The molecule has 7 heteroatoms. The molecule has 0 aliphatic carbocycles. The summed E-state index contributed by atoms with van der Waals surface area (Å²) in [5, 5.41) is 2.85. The van der Waals surface area contributed by atoms with Crippen molar-refractivity contribution in [2.45, 2.75) is 18.2 Å². The Morgan fingerprint density at radius 1 is 1.14 bits per heavy atom. The Labute approximate surface area is 141 Å². The molecule has 0 saturated heterocycles. The Morgan fingerprint density at radius 2 is 1.82 bits per heavy atom. The van der Waals surface area contributed by atoms with Crippen molar-refractivity contribution in [3.05, 3.63) is 64.1 Å². The maximum Gasteiger partial charge on any atom is 0.129 e. The first kappa shape index (κ1) is 15.5. The number of aromatic nitrogens is 2. The van der Waals surface area contributed by atoms with E-state index < -0.39 is 10.7 Å². The number of hydrogen-bond donors (Lipinski definition) is 1. The quantitative estimate of drug-likeness (QED) is 0.832. The van der Waals surface area contributed by atoms with Gasteiger partial charge in [0.25, 0.3) is 0 Å². The van der Waals surface area contributed by atoms with Gasteiger partial charge >= 0.3 is 0 Å². The summed E-state index contributed by atoms with van der Waals surface area (Å²) < 4.78 is 8.41. The first-order valence-electron chi connectivity index (χ1n) is 6.63. The monoisotopic (exact) mass is 352 g/mol. The van der Waals surface area contributed by atoms with Crippen LogP contribution < -0.4 is 4.90 Å². The summed E-state index contributed by atoms with van der Waals surface area (Å²) in [5.74, 6) is 0. The lowest BCUT2D eigenvalue weighted by Gasteiger charge is -2.36. The third-order valence-corrected chi connectivity index (χ3v) is 5.77. The molecule has 2 aromatic heterocycles. The molecular formula is C15H14Cl2N4S. The molecule has 0 amide bonds. The van der Waals surface area contributed by atoms with E-state index in [1.54, 1.807) is 24.5 Å². The first-order chi connectivity index (χ1) is 10.5. The lowest BCUT2D eigenvalue weighted by atomic mass is 10.1. The number of anilines is 1. The minimum atomic E-state index is -0.644. The van der Waals surface area contributed by atoms with Gasteiger partial charge in [0.1, 0.15) is 15.2 Å². The summed E-state index contributed by atoms with van der Waals surface area (Å²) in [6.07, 6.45) is 6.14. The lowest BCUT2D eigenvalue weighted by molar-refractivity contribution is 0.645. The Kier molecular flexibility index (Phi) is 4.21. The topological polar surface area (TPSA) is 52.9 Å². The number of rotatable bonds is 3. The average molecular weight is 353 g/mol. The van der Waals surface area contributed by atoms with Gasteiger partial charge in [-0.15, -0.1) is 0 Å². The average Bonchev–Trinajstić information content (AvgIpc) is 2.78. The molecule has 4 nitrogen and oxygen atoms in total. The second kappa shape index (κ2) is 5.99. The van der Waals surface area contributed by atoms with Crippen molar-refractivity contribution in [1.29, 1.82) is 4.78 Å². The van der Waals surface area contributed by atoms with Crippen LogP contribution >= 0.6 is 23.2 Å². The predicted molar refractivity (Wildman–Crippen MR) is 92.3 cm³/mol. The summed E-state index contributed by atoms with van der Waals surface area (Å²) in [6, 6.07) is 7.41. The van der Waals surface area contributed by atoms with Crippen molar-refractivity contribution in [2.75, 3.05) is 4.90 Å². The maximum absolute atomic E-state index is 8.41. The maximum atomic E-state index is 8.41. The zero-order valence-electron chi connectivity index (χ0n) is 11.8. The Morgan fingerprint density at radius 3 is 2.41 bits per heavy atom. The number of hydrogen-bond acceptors (Lipinski definition) is 4. The fourth-order valence-corrected chi connectivity index (χ4v) is 3.91. The highest BCUT2D eigenvalue weighted by Gasteiger charge is 2.38. The second-order valence-corrected chi connectivity index (χ2v) is 7.77. The molecule has 0 saturated carbocycles. The number of pyridine rings is 2. The van der Waals surface area contributed by atoms with Crippen LogP contribution in [0.5, 0.6) is 0 Å². The highest BCUT2D eigenvalue weighted by molar-refractivity contribution is 7.90. The molecule has 0 spiro atoms. The molecule has 22 heavy (non-hydrogen) atoms. The van der Waals surface area contributed by atoms with Crippen LogP contribution in [-0.4, -0.2) is 14.8 Å². The highest BCUT2D eigenvalue weighted by Crippen LogP contribution is 2.36. The van der Waals surface area contributed by atoms with Gasteiger partial charge in [-0.25, -0.2) is 9.97 Å². The molecule has 2 unspecified atom stereocenters. The van der Waals surface area contributed by atoms with Crippen molar-refractivity contribution in [3.8, 4) is 0 Å². The van der Waals surface area contributed by atoms with Gasteiger partial charge in [-0.05, 0) is 30.7 Å². The van der Waals surface area contributed by atoms with Crippen LogP contribution in [0.25, 0.3) is 0 Å². The first-order valence-corrected chi connectivity index (χ1v) is 8.67. The van der Waals surface area contributed by atoms with Crippen LogP contribution in [0.4, 0.5) is 5.69 Å². The largest absolute Gasteiger partial charge is 0.330 e. The third-order valence-electron chi connectivity index (χ3n) is 3.64. The molecule has 0 bridgehead atoms. The molecule has 3 rings (SSSR count). The molecule has 0 aromatic carbocycles. The van der Waals surface area contributed by atoms with E-state index in [9.17, 15) is 0 Å². The van der Waals surface area contributed by atoms with Crippen LogP contribution in [0.2, 0.25) is 10.3 Å². The van der Waals surface area contributed by atoms with Crippen LogP contribution in [-0.2, 0) is 17.1 Å². The van der Waals surface area contributed by atoms with Gasteiger partial charge in [0.2, 0.25) is 0 Å². The van der Waals surface area contributed by atoms with Crippen LogP contribution in [0.15, 0.2) is 48.3 Å². The van der Waals surface area contributed by atoms with Crippen LogP contribution in [0.1, 0.15) is 12.5 Å². The van der Waals surface area contributed by atoms with E-state index >= 15 is 0 Å². The van der Waals surface area contributed by atoms with Crippen molar-refractivity contribution < 1.29 is 0 Å². The minimum Gasteiger partial charge on any atom is -0.330 e. The van der Waals surface area contributed by atoms with Crippen LogP contribution in [0.3, 0.4) is 0 Å². The molecule has 2 aromatic rings. The standard InChI is InChI=1S/C15H14Cl2N4S/c1-15(8-11-2-4-13(16)19-9-11)21(6-7-22(15)18)12-3-5-14(17)20-10-12/h2-7,9-10,18H,8H2,1H3. The highest BCUT2D eigenvalue weighted by atomic mass is 35.5. The fourth-order valence-electron chi connectivity index (χ4n) is 2.45. The van der Waals surface area contributed by atoms with Gasteiger partial charge in [0, 0.05) is 24.2 Å². The Hall–Kier alpha value is -1.43. The van der Waals surface area contributed by atoms with Crippen molar-refractivity contribution in [3.63, 3.8) is 0 Å². The van der Waals surface area contributed by atoms with Crippen molar-refractivity contribution >= 4 is 39.6 Å². The number of nitrogens with zero attached hydrogens (tertiary/aromatic N) is 3. The van der Waals surface area contributed by atoms with E-state index in [0.29, 0.717) is 16.7 Å². The summed E-state index contributed by atoms with van der Waals surface area (Å²) in [4.78, 5) is 9.96. The molecule has 114 valence electrons. The summed E-state index contributed by atoms with van der Waals surface area (Å²) >= 11 is 11.7. The third kappa shape index (κ3) is 2.89. The van der Waals surface area contributed by atoms with Gasteiger partial charge in [-0.2, -0.15) is 0 Å². The zero-order valence-corrected chi connectivity index (χ0v) is 14.2. The summed E-state index contributed by atoms with van der Waals surface area (Å²) in [5.41, 5.74) is 1.97. The van der Waals surface area contributed by atoms with E-state index in [0.717, 1.165) is 11.3 Å². The smallest absolute Gasteiger partial charge is 0.129 e. The molecule has 1 aliphatic rings. The van der Waals surface area contributed by atoms with E-state index in [4.69, 9.17) is 28.0 Å². The van der Waals surface area contributed by atoms with E-state index in [1.807, 2.05) is 23.7 Å². The van der Waals surface area contributed by atoms with Crippen molar-refractivity contribution in [1.82, 2.24) is 9.97 Å². The lowest BCUT2D eigenvalue weighted by Crippen LogP contribution is -2.44. The summed E-state index contributed by atoms with van der Waals surface area (Å²) in [6.45, 7) is 2.08. The van der Waals surface area contributed by atoms with Crippen molar-refractivity contribution in [2.24, 2.45) is 0 Å². The van der Waals surface area contributed by atoms with E-state index in [2.05, 4.69) is 21.8 Å². The van der Waals surface area contributed by atoms with Gasteiger partial charge in [0.05, 0.1) is 11.9 Å². The molecule has 1 N–H and O–H groups in total. The fraction of sp³-hybridized carbons (Fsp3) is 0.200. The molecule has 0 radical (unpaired) electrons. The molecule has 0 fully saturated rings. The predicted octanol–water partition coefficient (Wildman–Crippen LogP) is 4.41. The molecular weight excluding hydrogens is 339 g/mol. The Bertz CT molecular complexity index is 730. The van der Waals surface area contributed by atoms with E-state index in [-0.39, 0.29) is 4.87 Å². The van der Waals surface area contributed by atoms with Crippen LogP contribution in [0, 0.1) is 4.78 Å². The van der Waals surface area contributed by atoms with Gasteiger partial charge in [0.15, 0.2) is 0 Å². The zero-order chi connectivity index (χ0) is 15.7. The summed E-state index contributed by atoms with van der Waals surface area (Å²) in [7, 11) is -0.644. The molecule has 3 heterocycles. The SMILES string of the molecule is CC1(Cc2ccc(Cl)nc2)N(c2ccc(Cl)nc2)C=CS1=N. The minimum absolute atomic E-state index is 0.384. The van der Waals surface area contributed by atoms with E-state index in [1.165, 1.54) is 0 Å². The normalized spacial score (nSPS) is 24.0. The Balaban J connectivity index is 1.93. The molecule has 1 aliphatic heterocycles. The molecule has 2 atom stereocenters. The van der Waals surface area contributed by atoms with Gasteiger partial charge in [-0.3, -0.25) is 4.78 Å². The second-order valence-electron chi connectivity index (χ2n) is 5.17. The number of nitrogens with one attached hydrogen (secondary N) is 1. The van der Waals surface area contributed by atoms with Gasteiger partial charge < -0.3 is 4.90 Å².